The molecule has 154 valence electrons. The third-order valence-corrected chi connectivity index (χ3v) is 5.80. The van der Waals surface area contributed by atoms with Gasteiger partial charge < -0.3 is 0 Å². The lowest BCUT2D eigenvalue weighted by molar-refractivity contribution is -0.384. The Balaban J connectivity index is 1.67. The number of aryl methyl sites for hydroxylation is 1. The maximum absolute atomic E-state index is 11.0. The Morgan fingerprint density at radius 2 is 1.65 bits per heavy atom. The Kier molecular flexibility index (Phi) is 6.06. The van der Waals surface area contributed by atoms with E-state index in [-0.39, 0.29) is 5.69 Å². The van der Waals surface area contributed by atoms with Gasteiger partial charge in [-0.2, -0.15) is 5.10 Å². The third kappa shape index (κ3) is 4.96. The minimum atomic E-state index is -0.407. The molecule has 6 nitrogen and oxygen atoms in total. The van der Waals surface area contributed by atoms with Gasteiger partial charge in [0.15, 0.2) is 0 Å². The molecule has 0 fully saturated rings. The number of rotatable bonds is 6. The second-order valence-corrected chi connectivity index (χ2v) is 8.22. The van der Waals surface area contributed by atoms with Gasteiger partial charge in [0.1, 0.15) is 0 Å². The number of thiazole rings is 1. The Bertz CT molecular complexity index is 1230. The Hall–Kier alpha value is -3.55. The number of non-ortho nitro benzene ring substituents is 1. The average Bonchev–Trinajstić information content (AvgIpc) is 3.20. The number of nitro groups is 1. The van der Waals surface area contributed by atoms with Gasteiger partial charge in [0.05, 0.1) is 21.7 Å². The molecule has 1 heterocycles. The van der Waals surface area contributed by atoms with Gasteiger partial charge in [-0.15, -0.1) is 0 Å². The quantitative estimate of drug-likeness (QED) is 0.200. The van der Waals surface area contributed by atoms with Gasteiger partial charge in [0.25, 0.3) is 5.69 Å². The van der Waals surface area contributed by atoms with Crippen LogP contribution in [0.1, 0.15) is 11.1 Å². The van der Waals surface area contributed by atoms with Crippen molar-refractivity contribution in [1.29, 1.82) is 0 Å². The minimum absolute atomic E-state index is 0.0519. The first-order chi connectivity index (χ1) is 15.0. The lowest BCUT2D eigenvalue weighted by atomic mass is 10.1. The first-order valence-corrected chi connectivity index (χ1v) is 10.6. The lowest BCUT2D eigenvalue weighted by Crippen LogP contribution is -1.90. The summed E-state index contributed by atoms with van der Waals surface area (Å²) in [4.78, 5) is 16.2. The highest BCUT2D eigenvalue weighted by Crippen LogP contribution is 2.39. The second kappa shape index (κ2) is 9.07. The van der Waals surface area contributed by atoms with Crippen LogP contribution in [0.2, 0.25) is 5.02 Å². The monoisotopic (exact) mass is 448 g/mol. The molecule has 4 aromatic rings. The summed E-state index contributed by atoms with van der Waals surface area (Å²) in [6.07, 6.45) is 1.69. The van der Waals surface area contributed by atoms with Crippen molar-refractivity contribution in [3.05, 3.63) is 99.1 Å². The third-order valence-electron chi connectivity index (χ3n) is 4.54. The summed E-state index contributed by atoms with van der Waals surface area (Å²) in [6, 6.07) is 21.9. The fourth-order valence-corrected chi connectivity index (χ4v) is 3.98. The molecule has 0 aliphatic carbocycles. The number of hydrazone groups is 1. The van der Waals surface area contributed by atoms with E-state index in [1.54, 1.807) is 30.5 Å². The van der Waals surface area contributed by atoms with E-state index in [1.165, 1.54) is 23.5 Å². The number of nitro benzene ring substituents is 1. The van der Waals surface area contributed by atoms with Crippen molar-refractivity contribution in [2.24, 2.45) is 5.10 Å². The van der Waals surface area contributed by atoms with Crippen molar-refractivity contribution in [2.75, 3.05) is 5.43 Å². The molecule has 1 N–H and O–H groups in total. The number of aromatic nitrogens is 1. The van der Waals surface area contributed by atoms with Gasteiger partial charge in [-0.3, -0.25) is 15.5 Å². The van der Waals surface area contributed by atoms with Crippen LogP contribution in [0.5, 0.6) is 0 Å². The molecule has 0 saturated heterocycles. The number of halogens is 1. The van der Waals surface area contributed by atoms with E-state index in [0.717, 1.165) is 32.8 Å². The van der Waals surface area contributed by atoms with Crippen molar-refractivity contribution >= 4 is 40.0 Å². The molecule has 0 aliphatic heterocycles. The van der Waals surface area contributed by atoms with Crippen molar-refractivity contribution < 1.29 is 4.92 Å². The predicted octanol–water partition coefficient (Wildman–Crippen LogP) is 6.79. The van der Waals surface area contributed by atoms with Gasteiger partial charge >= 0.3 is 0 Å². The maximum Gasteiger partial charge on any atom is 0.269 e. The summed E-state index contributed by atoms with van der Waals surface area (Å²) < 4.78 is 0. The van der Waals surface area contributed by atoms with Crippen LogP contribution in [-0.2, 0) is 0 Å². The van der Waals surface area contributed by atoms with Gasteiger partial charge in [-0.05, 0) is 42.3 Å². The highest BCUT2D eigenvalue weighted by atomic mass is 35.5. The molecule has 3 aromatic carbocycles. The van der Waals surface area contributed by atoms with Crippen LogP contribution >= 0.6 is 22.9 Å². The normalized spacial score (nSPS) is 11.0. The first-order valence-electron chi connectivity index (χ1n) is 9.37. The second-order valence-electron chi connectivity index (χ2n) is 6.79. The van der Waals surface area contributed by atoms with Crippen molar-refractivity contribution in [2.45, 2.75) is 6.92 Å². The van der Waals surface area contributed by atoms with Crippen molar-refractivity contribution in [3.63, 3.8) is 0 Å². The fourth-order valence-electron chi connectivity index (χ4n) is 2.92. The van der Waals surface area contributed by atoms with E-state index in [1.807, 2.05) is 43.3 Å². The summed E-state index contributed by atoms with van der Waals surface area (Å²) in [7, 11) is 0. The van der Waals surface area contributed by atoms with Crippen LogP contribution < -0.4 is 5.43 Å². The number of benzene rings is 3. The summed E-state index contributed by atoms with van der Waals surface area (Å²) in [6.45, 7) is 2.03. The van der Waals surface area contributed by atoms with Crippen LogP contribution in [0.4, 0.5) is 10.8 Å². The highest BCUT2D eigenvalue weighted by molar-refractivity contribution is 7.19. The number of anilines is 1. The number of hydrogen-bond donors (Lipinski definition) is 1. The first kappa shape index (κ1) is 20.7. The van der Waals surface area contributed by atoms with Gasteiger partial charge in [-0.25, -0.2) is 4.98 Å². The van der Waals surface area contributed by atoms with Crippen molar-refractivity contribution in [1.82, 2.24) is 4.98 Å². The molecule has 0 radical (unpaired) electrons. The maximum atomic E-state index is 11.0. The van der Waals surface area contributed by atoms with E-state index < -0.39 is 4.92 Å². The van der Waals surface area contributed by atoms with Gasteiger partial charge in [0.2, 0.25) is 5.13 Å². The van der Waals surface area contributed by atoms with Crippen LogP contribution in [0, 0.1) is 17.0 Å². The SMILES string of the molecule is Cc1ccc(-c2nc(N/N=C\c3ccc(Cl)cc3)sc2-c2ccc([N+](=O)[O-])cc2)cc1. The Morgan fingerprint density at radius 3 is 2.29 bits per heavy atom. The summed E-state index contributed by atoms with van der Waals surface area (Å²) in [5.74, 6) is 0. The predicted molar refractivity (Wildman–Crippen MR) is 127 cm³/mol. The van der Waals surface area contributed by atoms with Crippen LogP contribution in [0.25, 0.3) is 21.7 Å². The minimum Gasteiger partial charge on any atom is -0.258 e. The molecular formula is C23H17ClN4O2S. The molecular weight excluding hydrogens is 432 g/mol. The van der Waals surface area contributed by atoms with Crippen LogP contribution in [0.3, 0.4) is 0 Å². The zero-order valence-electron chi connectivity index (χ0n) is 16.4. The molecule has 31 heavy (non-hydrogen) atoms. The van der Waals surface area contributed by atoms with Gasteiger partial charge in [-0.1, -0.05) is 64.9 Å². The fraction of sp³-hybridized carbons (Fsp3) is 0.0435. The largest absolute Gasteiger partial charge is 0.269 e. The Labute approximate surface area is 188 Å². The average molecular weight is 449 g/mol. The molecule has 0 amide bonds. The topological polar surface area (TPSA) is 80.4 Å². The summed E-state index contributed by atoms with van der Waals surface area (Å²) in [5.41, 5.74) is 7.71. The molecule has 0 unspecified atom stereocenters. The molecule has 1 aromatic heterocycles. The van der Waals surface area contributed by atoms with E-state index in [9.17, 15) is 10.1 Å². The van der Waals surface area contributed by atoms with Gasteiger partial charge in [0, 0.05) is 22.7 Å². The van der Waals surface area contributed by atoms with Crippen molar-refractivity contribution in [3.8, 4) is 21.7 Å². The molecule has 0 spiro atoms. The summed E-state index contributed by atoms with van der Waals surface area (Å²) in [5, 5.41) is 16.6. The number of nitrogens with one attached hydrogen (secondary N) is 1. The Morgan fingerprint density at radius 1 is 1.00 bits per heavy atom. The molecule has 0 atom stereocenters. The standard InChI is InChI=1S/C23H17ClN4O2S/c1-15-2-6-17(7-3-15)21-22(18-8-12-20(13-9-18)28(29)30)31-23(26-21)27-25-14-16-4-10-19(24)11-5-16/h2-14H,1H3,(H,26,27)/b25-14-. The number of nitrogens with zero attached hydrogens (tertiary/aromatic N) is 3. The van der Waals surface area contributed by atoms with Crippen LogP contribution in [-0.4, -0.2) is 16.1 Å². The zero-order valence-corrected chi connectivity index (χ0v) is 18.0. The molecule has 4 rings (SSSR count). The smallest absolute Gasteiger partial charge is 0.258 e. The van der Waals surface area contributed by atoms with Crippen LogP contribution in [0.15, 0.2) is 77.9 Å². The van der Waals surface area contributed by atoms with E-state index in [2.05, 4.69) is 10.5 Å². The van der Waals surface area contributed by atoms with E-state index in [4.69, 9.17) is 16.6 Å². The molecule has 0 aliphatic rings. The van der Waals surface area contributed by atoms with E-state index in [0.29, 0.717) is 10.2 Å². The number of hydrogen-bond acceptors (Lipinski definition) is 6. The summed E-state index contributed by atoms with van der Waals surface area (Å²) >= 11 is 7.35. The zero-order chi connectivity index (χ0) is 21.8. The highest BCUT2D eigenvalue weighted by Gasteiger charge is 2.16. The molecule has 0 saturated carbocycles. The van der Waals surface area contributed by atoms with E-state index >= 15 is 0 Å². The molecule has 0 bridgehead atoms. The molecule has 8 heteroatoms. The lowest BCUT2D eigenvalue weighted by Gasteiger charge is -2.03.